The Kier molecular flexibility index (Phi) is 7.41. The van der Waals surface area contributed by atoms with Gasteiger partial charge in [-0.3, -0.25) is 14.5 Å². The van der Waals surface area contributed by atoms with Crippen molar-refractivity contribution in [2.75, 3.05) is 33.4 Å². The fourth-order valence-corrected chi connectivity index (χ4v) is 3.98. The number of nitrogens with zero attached hydrogens (tertiary/aromatic N) is 2. The maximum absolute atomic E-state index is 12.9. The van der Waals surface area contributed by atoms with Gasteiger partial charge in [0.1, 0.15) is 17.4 Å². The average molecular weight is 384 g/mol. The van der Waals surface area contributed by atoms with E-state index in [4.69, 9.17) is 9.57 Å². The molecule has 0 spiro atoms. The van der Waals surface area contributed by atoms with Gasteiger partial charge in [-0.1, -0.05) is 26.3 Å². The summed E-state index contributed by atoms with van der Waals surface area (Å²) < 4.78 is 6.06. The van der Waals surface area contributed by atoms with Gasteiger partial charge in [0.2, 0.25) is 0 Å². The lowest BCUT2D eigenvalue weighted by Gasteiger charge is -2.47. The molecule has 0 radical (unpaired) electrons. The highest BCUT2D eigenvalue weighted by atomic mass is 16.7. The van der Waals surface area contributed by atoms with Crippen LogP contribution >= 0.6 is 0 Å². The van der Waals surface area contributed by atoms with Gasteiger partial charge in [-0.25, -0.2) is 0 Å². The van der Waals surface area contributed by atoms with E-state index in [0.717, 1.165) is 24.3 Å². The van der Waals surface area contributed by atoms with Crippen LogP contribution in [-0.2, 0) is 14.4 Å². The van der Waals surface area contributed by atoms with Crippen LogP contribution in [0.1, 0.15) is 39.5 Å². The van der Waals surface area contributed by atoms with Crippen molar-refractivity contribution in [3.63, 3.8) is 0 Å². The van der Waals surface area contributed by atoms with Crippen molar-refractivity contribution in [3.05, 3.63) is 23.6 Å². The quantitative estimate of drug-likeness (QED) is 0.473. The molecular weight excluding hydrogens is 352 g/mol. The van der Waals surface area contributed by atoms with Crippen LogP contribution in [0.15, 0.2) is 23.6 Å². The summed E-state index contributed by atoms with van der Waals surface area (Å²) in [6.07, 6.45) is 2.99. The van der Waals surface area contributed by atoms with E-state index in [0.29, 0.717) is 17.9 Å². The molecule has 0 aromatic rings. The zero-order valence-electron chi connectivity index (χ0n) is 16.5. The van der Waals surface area contributed by atoms with Crippen LogP contribution in [0, 0.1) is 0 Å². The van der Waals surface area contributed by atoms with Crippen LogP contribution in [-0.4, -0.2) is 82.3 Å². The largest absolute Gasteiger partial charge is 0.485 e. The van der Waals surface area contributed by atoms with Gasteiger partial charge in [-0.15, -0.1) is 0 Å². The highest BCUT2D eigenvalue weighted by molar-refractivity contribution is 6.00. The Morgan fingerprint density at radius 3 is 2.44 bits per heavy atom. The minimum Gasteiger partial charge on any atom is -0.485 e. The topological polar surface area (TPSA) is 103 Å². The molecule has 0 bridgehead atoms. The summed E-state index contributed by atoms with van der Waals surface area (Å²) in [7, 11) is 1.37. The van der Waals surface area contributed by atoms with Crippen molar-refractivity contribution in [2.24, 2.45) is 0 Å². The molecule has 8 heteroatoms. The number of hydrogen-bond donors (Lipinski definition) is 3. The van der Waals surface area contributed by atoms with Crippen molar-refractivity contribution >= 4 is 5.91 Å². The minimum atomic E-state index is -1.39. The van der Waals surface area contributed by atoms with E-state index in [1.165, 1.54) is 7.11 Å². The van der Waals surface area contributed by atoms with Gasteiger partial charge in [-0.2, -0.15) is 5.06 Å². The van der Waals surface area contributed by atoms with Crippen LogP contribution < -0.4 is 0 Å². The van der Waals surface area contributed by atoms with E-state index >= 15 is 0 Å². The summed E-state index contributed by atoms with van der Waals surface area (Å²) in [5.74, 6) is -0.128. The van der Waals surface area contributed by atoms with Gasteiger partial charge < -0.3 is 20.1 Å². The Balaban J connectivity index is 2.48. The van der Waals surface area contributed by atoms with Gasteiger partial charge >= 0.3 is 0 Å². The number of hydroxylamine groups is 2. The molecule has 3 N–H and O–H groups in total. The number of carbonyl (C=O) groups is 1. The fraction of sp³-hybridized carbons (Fsp3) is 0.737. The van der Waals surface area contributed by atoms with Crippen molar-refractivity contribution in [3.8, 4) is 0 Å². The molecule has 1 amide bonds. The average Bonchev–Trinajstić information content (AvgIpc) is 2.85. The molecule has 0 aromatic heterocycles. The van der Waals surface area contributed by atoms with E-state index in [1.807, 2.05) is 0 Å². The van der Waals surface area contributed by atoms with E-state index in [-0.39, 0.29) is 31.9 Å². The normalized spacial score (nSPS) is 28.2. The Hall–Kier alpha value is -1.45. The third-order valence-electron chi connectivity index (χ3n) is 5.30. The van der Waals surface area contributed by atoms with Gasteiger partial charge in [0.25, 0.3) is 5.91 Å². The van der Waals surface area contributed by atoms with E-state index in [9.17, 15) is 20.1 Å². The molecule has 2 aliphatic heterocycles. The second-order valence-corrected chi connectivity index (χ2v) is 7.19. The molecule has 0 saturated carbocycles. The Morgan fingerprint density at radius 2 is 1.93 bits per heavy atom. The van der Waals surface area contributed by atoms with Crippen molar-refractivity contribution < 1.29 is 29.7 Å². The number of rotatable bonds is 10. The highest BCUT2D eigenvalue weighted by Crippen LogP contribution is 2.44. The zero-order chi connectivity index (χ0) is 20.2. The molecule has 27 heavy (non-hydrogen) atoms. The molecule has 2 aliphatic rings. The van der Waals surface area contributed by atoms with E-state index < -0.39 is 23.7 Å². The second kappa shape index (κ2) is 9.16. The third-order valence-corrected chi connectivity index (χ3v) is 5.30. The van der Waals surface area contributed by atoms with E-state index in [1.54, 1.807) is 11.8 Å². The molecule has 0 aliphatic carbocycles. The zero-order valence-corrected chi connectivity index (χ0v) is 16.5. The summed E-state index contributed by atoms with van der Waals surface area (Å²) in [5, 5.41) is 31.4. The molecule has 154 valence electrons. The number of ether oxygens (including phenoxy) is 1. The number of hydrogen-bond acceptors (Lipinski definition) is 7. The minimum absolute atomic E-state index is 0.167. The lowest BCUT2D eigenvalue weighted by atomic mass is 9.79. The first-order valence-electron chi connectivity index (χ1n) is 9.51. The molecule has 0 fully saturated rings. The molecule has 2 rings (SSSR count). The standard InChI is InChI=1S/C19H32N2O6/c1-5-6-7-8-14-19(3,25)17(20(9-11-22)10-12-23)15-16(27-14)13(2)21(26-4)18(15)24/h14,17,22-23,25H,2,5-12H2,1,3-4H3/t14-,17+,19-/m0/s1. The van der Waals surface area contributed by atoms with Crippen molar-refractivity contribution in [2.45, 2.75) is 57.3 Å². The van der Waals surface area contributed by atoms with Crippen molar-refractivity contribution in [1.29, 1.82) is 0 Å². The van der Waals surface area contributed by atoms with Gasteiger partial charge in [0.15, 0.2) is 5.76 Å². The fourth-order valence-electron chi connectivity index (χ4n) is 3.98. The van der Waals surface area contributed by atoms with Crippen LogP contribution in [0.25, 0.3) is 0 Å². The summed E-state index contributed by atoms with van der Waals surface area (Å²) in [6.45, 7) is 7.71. The molecule has 3 atom stereocenters. The summed E-state index contributed by atoms with van der Waals surface area (Å²) in [4.78, 5) is 19.8. The van der Waals surface area contributed by atoms with Crippen LogP contribution in [0.2, 0.25) is 0 Å². The van der Waals surface area contributed by atoms with Gasteiger partial charge in [0, 0.05) is 13.1 Å². The lowest BCUT2D eigenvalue weighted by molar-refractivity contribution is -0.160. The first kappa shape index (κ1) is 21.8. The monoisotopic (exact) mass is 384 g/mol. The molecular formula is C19H32N2O6. The Bertz CT molecular complexity index is 583. The van der Waals surface area contributed by atoms with Crippen LogP contribution in [0.5, 0.6) is 0 Å². The number of aliphatic hydroxyl groups excluding tert-OH is 2. The summed E-state index contributed by atoms with van der Waals surface area (Å²) >= 11 is 0. The SMILES string of the molecule is C=C1C2=C(C(=O)N1OC)[C@@H](N(CCO)CCO)[C@@](C)(O)[C@H](CCCCC)O2. The molecule has 2 heterocycles. The third kappa shape index (κ3) is 4.05. The van der Waals surface area contributed by atoms with Crippen LogP contribution in [0.4, 0.5) is 0 Å². The summed E-state index contributed by atoms with van der Waals surface area (Å²) in [6, 6.07) is -0.753. The molecule has 8 nitrogen and oxygen atoms in total. The number of carbonyl (C=O) groups excluding carboxylic acids is 1. The van der Waals surface area contributed by atoms with Gasteiger partial charge in [-0.05, 0) is 19.8 Å². The predicted molar refractivity (Wildman–Crippen MR) is 99.2 cm³/mol. The molecule has 0 saturated heterocycles. The van der Waals surface area contributed by atoms with E-state index in [2.05, 4.69) is 13.5 Å². The molecule has 0 unspecified atom stereocenters. The molecule has 0 aromatic carbocycles. The Morgan fingerprint density at radius 1 is 1.30 bits per heavy atom. The van der Waals surface area contributed by atoms with Gasteiger partial charge in [0.05, 0.1) is 31.9 Å². The Labute approximate surface area is 160 Å². The lowest BCUT2D eigenvalue weighted by Crippen LogP contribution is -2.62. The smallest absolute Gasteiger partial charge is 0.283 e. The number of amides is 1. The first-order chi connectivity index (χ1) is 12.8. The number of unbranched alkanes of at least 4 members (excludes halogenated alkanes) is 2. The van der Waals surface area contributed by atoms with Crippen LogP contribution in [0.3, 0.4) is 0 Å². The second-order valence-electron chi connectivity index (χ2n) is 7.19. The summed E-state index contributed by atoms with van der Waals surface area (Å²) in [5.41, 5.74) is -0.844. The predicted octanol–water partition coefficient (Wildman–Crippen LogP) is 0.543. The number of aliphatic hydroxyl groups is 3. The highest BCUT2D eigenvalue weighted by Gasteiger charge is 2.56. The first-order valence-corrected chi connectivity index (χ1v) is 9.51. The maximum Gasteiger partial charge on any atom is 0.283 e. The van der Waals surface area contributed by atoms with Crippen molar-refractivity contribution in [1.82, 2.24) is 9.96 Å². The maximum atomic E-state index is 12.9.